The van der Waals surface area contributed by atoms with E-state index in [0.29, 0.717) is 60.8 Å². The fraction of sp³-hybridized carbons (Fsp3) is 0.447. The number of nitrogens with zero attached hydrogens (tertiary/aromatic N) is 4. The second kappa shape index (κ2) is 17.2. The van der Waals surface area contributed by atoms with Crippen LogP contribution in [-0.2, 0) is 19.6 Å². The lowest BCUT2D eigenvalue weighted by Crippen LogP contribution is -2.55. The average Bonchev–Trinajstić information content (AvgIpc) is 3.48. The van der Waals surface area contributed by atoms with Gasteiger partial charge < -0.3 is 19.7 Å². The Labute approximate surface area is 322 Å². The minimum atomic E-state index is -3.98. The molecule has 53 heavy (non-hydrogen) atoms. The number of methoxy groups -OCH3 is 1. The lowest BCUT2D eigenvalue weighted by Gasteiger charge is -2.39. The van der Waals surface area contributed by atoms with Crippen molar-refractivity contribution in [2.24, 2.45) is 4.99 Å². The fourth-order valence-corrected chi connectivity index (χ4v) is 8.21. The van der Waals surface area contributed by atoms with Crippen LogP contribution in [0.25, 0.3) is 0 Å². The topological polar surface area (TPSA) is 133 Å². The van der Waals surface area contributed by atoms with Gasteiger partial charge in [-0.25, -0.2) is 17.9 Å². The third-order valence-electron chi connectivity index (χ3n) is 8.77. The van der Waals surface area contributed by atoms with Crippen molar-refractivity contribution >= 4 is 51.0 Å². The molecular formula is C38H48Cl2N6O6S. The molecule has 2 aliphatic rings. The molecular weight excluding hydrogens is 739 g/mol. The number of urea groups is 1. The molecule has 0 spiro atoms. The van der Waals surface area contributed by atoms with Crippen molar-refractivity contribution in [2.45, 2.75) is 63.2 Å². The van der Waals surface area contributed by atoms with Crippen LogP contribution in [0.3, 0.4) is 0 Å². The highest BCUT2D eigenvalue weighted by atomic mass is 35.5. The summed E-state index contributed by atoms with van der Waals surface area (Å²) in [6.45, 7) is 11.6. The third kappa shape index (κ3) is 10.1. The van der Waals surface area contributed by atoms with Gasteiger partial charge in [-0.15, -0.1) is 0 Å². The summed E-state index contributed by atoms with van der Waals surface area (Å²) in [5, 5.41) is 4.02. The van der Waals surface area contributed by atoms with Gasteiger partial charge in [0.05, 0.1) is 36.3 Å². The summed E-state index contributed by atoms with van der Waals surface area (Å²) in [7, 11) is -2.39. The van der Waals surface area contributed by atoms with E-state index in [1.54, 1.807) is 68.0 Å². The number of carbonyl (C=O) groups excluding carboxylic acids is 2. The number of hydrogen-bond acceptors (Lipinski definition) is 8. The maximum atomic E-state index is 15.0. The Hall–Kier alpha value is -3.72. The van der Waals surface area contributed by atoms with Crippen LogP contribution >= 0.6 is 23.2 Å². The van der Waals surface area contributed by atoms with Crippen LogP contribution in [0.2, 0.25) is 10.0 Å². The van der Waals surface area contributed by atoms with Crippen LogP contribution in [0.5, 0.6) is 5.75 Å². The zero-order valence-corrected chi connectivity index (χ0v) is 33.3. The van der Waals surface area contributed by atoms with Crippen LogP contribution in [0.4, 0.5) is 4.79 Å². The standard InChI is InChI=1S/C38H48Cl2N6O6S/c1-7-52-32-17-16-30(53(49,50)43-38(3,4)5)22-31(32)36-42-34(26-8-12-28(39)13-9-26)35(27-10-14-29(40)15-11-27)46(36)37(48)45-20-18-44(19-21-45)23-33(47)41-25(2)24-51-6/h8-17,22,25,34-35,43H,7,18-21,23-24H2,1-6H3,(H,41,47)/t25?,34-,35+/m0/s1. The highest BCUT2D eigenvalue weighted by molar-refractivity contribution is 7.89. The van der Waals surface area contributed by atoms with Crippen LogP contribution in [0.15, 0.2) is 76.6 Å². The van der Waals surface area contributed by atoms with Gasteiger partial charge in [-0.05, 0) is 88.2 Å². The second-order valence-corrected chi connectivity index (χ2v) is 16.8. The summed E-state index contributed by atoms with van der Waals surface area (Å²) >= 11 is 12.6. The maximum Gasteiger partial charge on any atom is 0.326 e. The minimum absolute atomic E-state index is 0.00525. The molecule has 1 fully saturated rings. The molecule has 15 heteroatoms. The summed E-state index contributed by atoms with van der Waals surface area (Å²) in [6, 6.07) is 17.5. The van der Waals surface area contributed by atoms with E-state index >= 15 is 0 Å². The number of benzene rings is 3. The van der Waals surface area contributed by atoms with E-state index in [-0.39, 0.29) is 35.3 Å². The molecule has 2 heterocycles. The normalized spacial score (nSPS) is 18.8. The number of amidine groups is 1. The molecule has 3 amide bonds. The monoisotopic (exact) mass is 786 g/mol. The number of nitrogens with one attached hydrogen (secondary N) is 2. The Bertz CT molecular complexity index is 1900. The molecule has 12 nitrogen and oxygen atoms in total. The minimum Gasteiger partial charge on any atom is -0.493 e. The Morgan fingerprint density at radius 2 is 1.55 bits per heavy atom. The molecule has 3 aromatic carbocycles. The van der Waals surface area contributed by atoms with E-state index in [1.807, 2.05) is 43.0 Å². The second-order valence-electron chi connectivity index (χ2n) is 14.2. The number of aliphatic imine (C=N–C) groups is 1. The molecule has 2 aliphatic heterocycles. The average molecular weight is 788 g/mol. The van der Waals surface area contributed by atoms with Crippen molar-refractivity contribution < 1.29 is 27.5 Å². The highest BCUT2D eigenvalue weighted by Gasteiger charge is 2.45. The lowest BCUT2D eigenvalue weighted by atomic mass is 9.93. The first-order valence-electron chi connectivity index (χ1n) is 17.6. The van der Waals surface area contributed by atoms with Crippen LogP contribution in [0, 0.1) is 0 Å². The number of hydrogen-bond donors (Lipinski definition) is 2. The first-order valence-corrected chi connectivity index (χ1v) is 19.8. The van der Waals surface area contributed by atoms with E-state index in [4.69, 9.17) is 37.7 Å². The molecule has 1 unspecified atom stereocenters. The van der Waals surface area contributed by atoms with Crippen molar-refractivity contribution in [3.63, 3.8) is 0 Å². The van der Waals surface area contributed by atoms with Crippen molar-refractivity contribution in [3.8, 4) is 5.75 Å². The van der Waals surface area contributed by atoms with E-state index in [2.05, 4.69) is 10.0 Å². The highest BCUT2D eigenvalue weighted by Crippen LogP contribution is 2.46. The zero-order valence-electron chi connectivity index (χ0n) is 30.9. The third-order valence-corrected chi connectivity index (χ3v) is 11.0. The Balaban J connectivity index is 1.58. The number of sulfonamides is 1. The smallest absolute Gasteiger partial charge is 0.326 e. The van der Waals surface area contributed by atoms with Gasteiger partial charge in [0.1, 0.15) is 17.6 Å². The SMILES string of the molecule is CCOc1ccc(S(=O)(=O)NC(C)(C)C)cc1C1=N[C@@H](c2ccc(Cl)cc2)[C@@H](c2ccc(Cl)cc2)N1C(=O)N1CCN(CC(=O)NC(C)COC)CC1. The summed E-state index contributed by atoms with van der Waals surface area (Å²) in [6.07, 6.45) is 0. The van der Waals surface area contributed by atoms with Crippen LogP contribution in [0.1, 0.15) is 63.4 Å². The van der Waals surface area contributed by atoms with Gasteiger partial charge in [0.15, 0.2) is 0 Å². The molecule has 0 aromatic heterocycles. The van der Waals surface area contributed by atoms with Crippen molar-refractivity contribution in [2.75, 3.05) is 53.0 Å². The summed E-state index contributed by atoms with van der Waals surface area (Å²) in [4.78, 5) is 38.3. The predicted octanol–water partition coefficient (Wildman–Crippen LogP) is 5.90. The predicted molar refractivity (Wildman–Crippen MR) is 207 cm³/mol. The summed E-state index contributed by atoms with van der Waals surface area (Å²) in [5.74, 6) is 0.528. The molecule has 3 aromatic rings. The van der Waals surface area contributed by atoms with E-state index < -0.39 is 27.6 Å². The molecule has 0 saturated carbocycles. The number of rotatable bonds is 12. The van der Waals surface area contributed by atoms with Crippen molar-refractivity contribution in [1.29, 1.82) is 0 Å². The lowest BCUT2D eigenvalue weighted by molar-refractivity contribution is -0.123. The van der Waals surface area contributed by atoms with E-state index in [0.717, 1.165) is 11.1 Å². The van der Waals surface area contributed by atoms with Crippen molar-refractivity contribution in [3.05, 3.63) is 93.5 Å². The van der Waals surface area contributed by atoms with Gasteiger partial charge in [-0.3, -0.25) is 19.6 Å². The molecule has 5 rings (SSSR count). The number of amides is 3. The van der Waals surface area contributed by atoms with Gasteiger partial charge in [-0.2, -0.15) is 0 Å². The molecule has 286 valence electrons. The summed E-state index contributed by atoms with van der Waals surface area (Å²) in [5.41, 5.74) is 1.19. The van der Waals surface area contributed by atoms with Crippen LogP contribution < -0.4 is 14.8 Å². The number of halogens is 2. The molecule has 2 N–H and O–H groups in total. The fourth-order valence-electron chi connectivity index (χ4n) is 6.51. The van der Waals surface area contributed by atoms with E-state index in [9.17, 15) is 18.0 Å². The van der Waals surface area contributed by atoms with Crippen molar-refractivity contribution in [1.82, 2.24) is 24.7 Å². The zero-order chi connectivity index (χ0) is 38.5. The first-order chi connectivity index (χ1) is 25.1. The van der Waals surface area contributed by atoms with Gasteiger partial charge in [-0.1, -0.05) is 47.5 Å². The number of piperazine rings is 1. The van der Waals surface area contributed by atoms with Crippen LogP contribution in [-0.4, -0.2) is 106 Å². The Morgan fingerprint density at radius 3 is 2.11 bits per heavy atom. The number of carbonyl (C=O) groups is 2. The van der Waals surface area contributed by atoms with E-state index in [1.165, 1.54) is 12.1 Å². The van der Waals surface area contributed by atoms with Gasteiger partial charge >= 0.3 is 6.03 Å². The Kier molecular flexibility index (Phi) is 13.1. The maximum absolute atomic E-state index is 15.0. The molecule has 0 radical (unpaired) electrons. The summed E-state index contributed by atoms with van der Waals surface area (Å²) < 4.78 is 41.2. The molecule has 0 aliphatic carbocycles. The van der Waals surface area contributed by atoms with Gasteiger partial charge in [0, 0.05) is 54.9 Å². The quantitative estimate of drug-likeness (QED) is 0.234. The Morgan fingerprint density at radius 1 is 0.943 bits per heavy atom. The molecule has 1 saturated heterocycles. The molecule has 3 atom stereocenters. The molecule has 0 bridgehead atoms. The first kappa shape index (κ1) is 40.5. The largest absolute Gasteiger partial charge is 0.493 e. The number of ether oxygens (including phenoxy) is 2. The van der Waals surface area contributed by atoms with Gasteiger partial charge in [0.25, 0.3) is 0 Å². The van der Waals surface area contributed by atoms with Gasteiger partial charge in [0.2, 0.25) is 15.9 Å².